The van der Waals surface area contributed by atoms with E-state index in [0.717, 1.165) is 37.5 Å². The molecule has 2 heterocycles. The molecule has 11 nitrogen and oxygen atoms in total. The van der Waals surface area contributed by atoms with E-state index in [1.54, 1.807) is 13.2 Å². The Morgan fingerprint density at radius 3 is 2.68 bits per heavy atom. The Bertz CT molecular complexity index is 1180. The third-order valence-electron chi connectivity index (χ3n) is 5.74. The number of hydrogen-bond donors (Lipinski definition) is 5. The van der Waals surface area contributed by atoms with E-state index in [1.807, 2.05) is 6.07 Å². The SMILES string of the molecule is COc1cc2c(cc1Nc1ncc(Cl)c(N[C@@H]3CCCC[C@H]3NS(C)(=O)=O)n1)NC(=O)CNC2. The van der Waals surface area contributed by atoms with E-state index >= 15 is 0 Å². The van der Waals surface area contributed by atoms with Gasteiger partial charge in [-0.2, -0.15) is 4.98 Å². The quantitative estimate of drug-likeness (QED) is 0.379. The van der Waals surface area contributed by atoms with Crippen LogP contribution in [0.25, 0.3) is 0 Å². The fraction of sp³-hybridized carbons (Fsp3) is 0.476. The molecule has 2 aromatic rings. The Balaban J connectivity index is 1.57. The van der Waals surface area contributed by atoms with Crippen molar-refractivity contribution in [1.29, 1.82) is 0 Å². The minimum atomic E-state index is -3.35. The van der Waals surface area contributed by atoms with Crippen LogP contribution in [0.5, 0.6) is 5.75 Å². The number of nitrogens with one attached hydrogen (secondary N) is 5. The molecule has 5 N–H and O–H groups in total. The van der Waals surface area contributed by atoms with E-state index in [1.165, 1.54) is 6.20 Å². The third-order valence-corrected chi connectivity index (χ3v) is 6.75. The van der Waals surface area contributed by atoms with Gasteiger partial charge in [0, 0.05) is 24.3 Å². The Morgan fingerprint density at radius 2 is 1.94 bits per heavy atom. The highest BCUT2D eigenvalue weighted by Gasteiger charge is 2.28. The normalized spacial score (nSPS) is 20.6. The number of ether oxygens (including phenoxy) is 1. The average Bonchev–Trinajstić information content (AvgIpc) is 2.95. The molecule has 1 aliphatic carbocycles. The van der Waals surface area contributed by atoms with Gasteiger partial charge >= 0.3 is 0 Å². The number of rotatable bonds is 7. The molecule has 0 unspecified atom stereocenters. The number of amides is 1. The van der Waals surface area contributed by atoms with Gasteiger partial charge in [-0.1, -0.05) is 24.4 Å². The van der Waals surface area contributed by atoms with E-state index in [4.69, 9.17) is 16.3 Å². The van der Waals surface area contributed by atoms with E-state index in [-0.39, 0.29) is 30.5 Å². The number of carbonyl (C=O) groups is 1. The van der Waals surface area contributed by atoms with Crippen molar-refractivity contribution in [3.05, 3.63) is 28.9 Å². The largest absolute Gasteiger partial charge is 0.495 e. The smallest absolute Gasteiger partial charge is 0.238 e. The van der Waals surface area contributed by atoms with E-state index in [0.29, 0.717) is 34.5 Å². The number of carbonyl (C=O) groups excluding carboxylic acids is 1. The van der Waals surface area contributed by atoms with Gasteiger partial charge in [-0.05, 0) is 30.5 Å². The number of benzene rings is 1. The summed E-state index contributed by atoms with van der Waals surface area (Å²) in [5.41, 5.74) is 2.14. The number of methoxy groups -OCH3 is 1. The van der Waals surface area contributed by atoms with Crippen LogP contribution in [0, 0.1) is 0 Å². The molecule has 1 fully saturated rings. The lowest BCUT2D eigenvalue weighted by atomic mass is 9.91. The molecule has 1 aromatic carbocycles. The fourth-order valence-corrected chi connectivity index (χ4v) is 5.18. The standard InChI is InChI=1S/C21H28ClN7O4S/c1-33-18-7-12-9-23-11-19(30)25-16(12)8-17(18)27-21-24-10-13(22)20(28-21)26-14-5-3-4-6-15(14)29-34(2,31)32/h7-8,10,14-15,23,29H,3-6,9,11H2,1-2H3,(H,25,30)(H2,24,26,27,28)/t14-,15-/m1/s1. The summed E-state index contributed by atoms with van der Waals surface area (Å²) >= 11 is 6.35. The maximum Gasteiger partial charge on any atom is 0.238 e. The number of fused-ring (bicyclic) bond motifs is 1. The highest BCUT2D eigenvalue weighted by atomic mass is 35.5. The van der Waals surface area contributed by atoms with Gasteiger partial charge in [0.2, 0.25) is 21.9 Å². The summed E-state index contributed by atoms with van der Waals surface area (Å²) in [5, 5.41) is 12.7. The molecule has 1 aromatic heterocycles. The third kappa shape index (κ3) is 6.06. The Labute approximate surface area is 203 Å². The molecular formula is C21H28ClN7O4S. The summed E-state index contributed by atoms with van der Waals surface area (Å²) in [6.07, 6.45) is 6.06. The molecule has 34 heavy (non-hydrogen) atoms. The molecule has 2 atom stereocenters. The van der Waals surface area contributed by atoms with Crippen molar-refractivity contribution >= 4 is 50.7 Å². The van der Waals surface area contributed by atoms with Gasteiger partial charge in [-0.25, -0.2) is 18.1 Å². The second-order valence-electron chi connectivity index (χ2n) is 8.41. The number of anilines is 4. The summed E-state index contributed by atoms with van der Waals surface area (Å²) in [6, 6.07) is 3.20. The van der Waals surface area contributed by atoms with Crippen molar-refractivity contribution in [2.75, 3.05) is 35.9 Å². The predicted molar refractivity (Wildman–Crippen MR) is 131 cm³/mol. The molecule has 0 saturated heterocycles. The van der Waals surface area contributed by atoms with Crippen molar-refractivity contribution in [1.82, 2.24) is 20.0 Å². The number of halogens is 1. The van der Waals surface area contributed by atoms with Crippen LogP contribution in [0.4, 0.5) is 23.1 Å². The lowest BCUT2D eigenvalue weighted by Crippen LogP contribution is -2.48. The van der Waals surface area contributed by atoms with E-state index in [2.05, 4.69) is 36.0 Å². The molecule has 1 aliphatic heterocycles. The lowest BCUT2D eigenvalue weighted by molar-refractivity contribution is -0.115. The molecule has 4 rings (SSSR count). The minimum absolute atomic E-state index is 0.131. The van der Waals surface area contributed by atoms with Crippen LogP contribution in [0.15, 0.2) is 18.3 Å². The van der Waals surface area contributed by atoms with Crippen LogP contribution in [-0.4, -0.2) is 56.3 Å². The lowest BCUT2D eigenvalue weighted by Gasteiger charge is -2.32. The zero-order valence-corrected chi connectivity index (χ0v) is 20.5. The highest BCUT2D eigenvalue weighted by Crippen LogP contribution is 2.34. The summed E-state index contributed by atoms with van der Waals surface area (Å²) < 4.78 is 31.8. The highest BCUT2D eigenvalue weighted by molar-refractivity contribution is 7.88. The van der Waals surface area contributed by atoms with Crippen molar-refractivity contribution in [2.24, 2.45) is 0 Å². The number of nitrogens with zero attached hydrogens (tertiary/aromatic N) is 2. The first-order chi connectivity index (χ1) is 16.2. The topological polar surface area (TPSA) is 146 Å². The van der Waals surface area contributed by atoms with Crippen LogP contribution in [-0.2, 0) is 21.4 Å². The average molecular weight is 510 g/mol. The molecule has 2 aliphatic rings. The van der Waals surface area contributed by atoms with Gasteiger partial charge in [-0.3, -0.25) is 4.79 Å². The van der Waals surface area contributed by atoms with Gasteiger partial charge in [0.25, 0.3) is 0 Å². The van der Waals surface area contributed by atoms with Gasteiger partial charge < -0.3 is 26.0 Å². The van der Waals surface area contributed by atoms with Crippen LogP contribution < -0.4 is 30.7 Å². The second-order valence-corrected chi connectivity index (χ2v) is 10.6. The van der Waals surface area contributed by atoms with Crippen LogP contribution in [0.1, 0.15) is 31.2 Å². The summed E-state index contributed by atoms with van der Waals surface area (Å²) in [4.78, 5) is 20.7. The molecule has 0 spiro atoms. The maximum atomic E-state index is 11.9. The van der Waals surface area contributed by atoms with Gasteiger partial charge in [-0.15, -0.1) is 0 Å². The molecule has 1 saturated carbocycles. The molecule has 0 radical (unpaired) electrons. The van der Waals surface area contributed by atoms with Crippen molar-refractivity contribution in [2.45, 2.75) is 44.3 Å². The molecule has 13 heteroatoms. The van der Waals surface area contributed by atoms with Gasteiger partial charge in [0.15, 0.2) is 5.82 Å². The Kier molecular flexibility index (Phi) is 7.41. The number of aromatic nitrogens is 2. The van der Waals surface area contributed by atoms with Crippen molar-refractivity contribution in [3.63, 3.8) is 0 Å². The molecular weight excluding hydrogens is 482 g/mol. The van der Waals surface area contributed by atoms with Crippen molar-refractivity contribution < 1.29 is 17.9 Å². The number of hydrogen-bond acceptors (Lipinski definition) is 9. The fourth-order valence-electron chi connectivity index (χ4n) is 4.20. The van der Waals surface area contributed by atoms with E-state index in [9.17, 15) is 13.2 Å². The summed E-state index contributed by atoms with van der Waals surface area (Å²) in [6.45, 7) is 0.756. The predicted octanol–water partition coefficient (Wildman–Crippen LogP) is 2.20. The monoisotopic (exact) mass is 509 g/mol. The molecule has 0 bridgehead atoms. The number of sulfonamides is 1. The first kappa shape index (κ1) is 24.5. The zero-order chi connectivity index (χ0) is 24.3. The molecule has 1 amide bonds. The first-order valence-electron chi connectivity index (χ1n) is 11.0. The second kappa shape index (κ2) is 10.3. The van der Waals surface area contributed by atoms with Gasteiger partial charge in [0.1, 0.15) is 10.8 Å². The van der Waals surface area contributed by atoms with E-state index < -0.39 is 10.0 Å². The Hall–Kier alpha value is -2.67. The van der Waals surface area contributed by atoms with Gasteiger partial charge in [0.05, 0.1) is 31.8 Å². The van der Waals surface area contributed by atoms with Crippen LogP contribution in [0.2, 0.25) is 5.02 Å². The Morgan fingerprint density at radius 1 is 1.18 bits per heavy atom. The zero-order valence-electron chi connectivity index (χ0n) is 18.9. The van der Waals surface area contributed by atoms with Crippen molar-refractivity contribution in [3.8, 4) is 5.75 Å². The van der Waals surface area contributed by atoms with Crippen LogP contribution in [0.3, 0.4) is 0 Å². The summed E-state index contributed by atoms with van der Waals surface area (Å²) in [5.74, 6) is 1.10. The molecule has 184 valence electrons. The first-order valence-corrected chi connectivity index (χ1v) is 13.2. The summed E-state index contributed by atoms with van der Waals surface area (Å²) in [7, 11) is -1.79. The minimum Gasteiger partial charge on any atom is -0.495 e. The maximum absolute atomic E-state index is 11.9. The van der Waals surface area contributed by atoms with Crippen LogP contribution >= 0.6 is 11.6 Å².